The van der Waals surface area contributed by atoms with Crippen LogP contribution in [0.4, 0.5) is 4.79 Å². The summed E-state index contributed by atoms with van der Waals surface area (Å²) in [7, 11) is 1.30. The highest BCUT2D eigenvalue weighted by Gasteiger charge is 2.50. The molecule has 2 rings (SSSR count). The predicted molar refractivity (Wildman–Crippen MR) is 83.7 cm³/mol. The summed E-state index contributed by atoms with van der Waals surface area (Å²) in [5, 5.41) is 0. The molecule has 128 valence electrons. The van der Waals surface area contributed by atoms with Gasteiger partial charge in [-0.15, -0.1) is 0 Å². The number of ether oxygens (including phenoxy) is 2. The van der Waals surface area contributed by atoms with E-state index < -0.39 is 22.9 Å². The van der Waals surface area contributed by atoms with Crippen LogP contribution in [0, 0.1) is 11.3 Å². The van der Waals surface area contributed by atoms with Crippen molar-refractivity contribution < 1.29 is 23.9 Å². The summed E-state index contributed by atoms with van der Waals surface area (Å²) in [6, 6.07) is 0. The molecule has 0 N–H and O–H groups in total. The molecule has 0 radical (unpaired) electrons. The third-order valence-electron chi connectivity index (χ3n) is 4.55. The molecular weight excluding hydrogens is 298 g/mol. The van der Waals surface area contributed by atoms with Crippen LogP contribution in [-0.4, -0.2) is 48.5 Å². The number of allylic oxidation sites excluding steroid dienone is 2. The number of rotatable bonds is 1. The van der Waals surface area contributed by atoms with Crippen molar-refractivity contribution in [1.82, 2.24) is 4.90 Å². The maximum Gasteiger partial charge on any atom is 0.410 e. The molecule has 1 heterocycles. The predicted octanol–water partition coefficient (Wildman–Crippen LogP) is 2.32. The maximum absolute atomic E-state index is 12.2. The molecular formula is C17H25NO5. The van der Waals surface area contributed by atoms with Crippen LogP contribution < -0.4 is 0 Å². The molecule has 1 aliphatic carbocycles. The van der Waals surface area contributed by atoms with E-state index in [-0.39, 0.29) is 11.9 Å². The third-order valence-corrected chi connectivity index (χ3v) is 4.55. The number of carbonyl (C=O) groups is 3. The summed E-state index contributed by atoms with van der Waals surface area (Å²) >= 11 is 0. The number of likely N-dealkylation sites (tertiary alicyclic amines) is 1. The number of nitrogens with zero attached hydrogens (tertiary/aromatic N) is 1. The van der Waals surface area contributed by atoms with Crippen molar-refractivity contribution in [3.8, 4) is 0 Å². The molecule has 1 unspecified atom stereocenters. The Kier molecular flexibility index (Phi) is 4.82. The van der Waals surface area contributed by atoms with Gasteiger partial charge in [-0.05, 0) is 51.5 Å². The number of piperidine rings is 1. The minimum absolute atomic E-state index is 0.200. The average Bonchev–Trinajstić information content (AvgIpc) is 2.45. The van der Waals surface area contributed by atoms with Gasteiger partial charge >= 0.3 is 12.1 Å². The monoisotopic (exact) mass is 323 g/mol. The first-order valence-corrected chi connectivity index (χ1v) is 7.95. The van der Waals surface area contributed by atoms with Crippen LogP contribution in [0.15, 0.2) is 12.2 Å². The molecule has 1 spiro atoms. The van der Waals surface area contributed by atoms with Crippen molar-refractivity contribution in [2.45, 2.75) is 45.6 Å². The van der Waals surface area contributed by atoms with Crippen LogP contribution in [0.3, 0.4) is 0 Å². The minimum atomic E-state index is -0.765. The van der Waals surface area contributed by atoms with E-state index in [1.807, 2.05) is 26.8 Å². The fraction of sp³-hybridized carbons (Fsp3) is 0.706. The first kappa shape index (κ1) is 17.5. The van der Waals surface area contributed by atoms with Gasteiger partial charge in [-0.3, -0.25) is 9.59 Å². The highest BCUT2D eigenvalue weighted by atomic mass is 16.6. The SMILES string of the molecule is COC(=O)C1C(=O)C=CCC12CCN(C(=O)OC(C)(C)C)CC2. The molecule has 2 aliphatic rings. The molecule has 1 atom stereocenters. The molecule has 0 aromatic heterocycles. The smallest absolute Gasteiger partial charge is 0.410 e. The van der Waals surface area contributed by atoms with Gasteiger partial charge in [-0.2, -0.15) is 0 Å². The second-order valence-electron chi connectivity index (χ2n) is 7.29. The van der Waals surface area contributed by atoms with Gasteiger partial charge < -0.3 is 14.4 Å². The Labute approximate surface area is 136 Å². The Morgan fingerprint density at radius 3 is 2.39 bits per heavy atom. The number of methoxy groups -OCH3 is 1. The van der Waals surface area contributed by atoms with Gasteiger partial charge in [0, 0.05) is 13.1 Å². The van der Waals surface area contributed by atoms with Gasteiger partial charge in [0.05, 0.1) is 7.11 Å². The van der Waals surface area contributed by atoms with E-state index in [1.54, 1.807) is 4.90 Å². The summed E-state index contributed by atoms with van der Waals surface area (Å²) in [5.41, 5.74) is -0.984. The number of hydrogen-bond acceptors (Lipinski definition) is 5. The lowest BCUT2D eigenvalue weighted by atomic mass is 9.63. The first-order valence-electron chi connectivity index (χ1n) is 7.95. The lowest BCUT2D eigenvalue weighted by Crippen LogP contribution is -2.51. The van der Waals surface area contributed by atoms with Crippen LogP contribution in [0.2, 0.25) is 0 Å². The van der Waals surface area contributed by atoms with Gasteiger partial charge in [-0.25, -0.2) is 4.79 Å². The summed E-state index contributed by atoms with van der Waals surface area (Å²) in [5.74, 6) is -1.45. The number of amides is 1. The lowest BCUT2D eigenvalue weighted by Gasteiger charge is -2.45. The number of hydrogen-bond donors (Lipinski definition) is 0. The van der Waals surface area contributed by atoms with Crippen molar-refractivity contribution in [2.75, 3.05) is 20.2 Å². The topological polar surface area (TPSA) is 72.9 Å². The second-order valence-corrected chi connectivity index (χ2v) is 7.29. The summed E-state index contributed by atoms with van der Waals surface area (Å²) in [4.78, 5) is 38.0. The average molecular weight is 323 g/mol. The highest BCUT2D eigenvalue weighted by molar-refractivity contribution is 6.06. The van der Waals surface area contributed by atoms with Gasteiger partial charge in [0.25, 0.3) is 0 Å². The zero-order chi connectivity index (χ0) is 17.3. The van der Waals surface area contributed by atoms with Gasteiger partial charge in [0.1, 0.15) is 11.5 Å². The number of carbonyl (C=O) groups excluding carboxylic acids is 3. The molecule has 23 heavy (non-hydrogen) atoms. The van der Waals surface area contributed by atoms with E-state index >= 15 is 0 Å². The molecule has 0 aromatic carbocycles. The van der Waals surface area contributed by atoms with E-state index in [4.69, 9.17) is 9.47 Å². The quantitative estimate of drug-likeness (QED) is 0.547. The largest absolute Gasteiger partial charge is 0.468 e. The molecule has 1 fully saturated rings. The van der Waals surface area contributed by atoms with E-state index in [0.717, 1.165) is 0 Å². The van der Waals surface area contributed by atoms with E-state index in [0.29, 0.717) is 32.4 Å². The van der Waals surface area contributed by atoms with Crippen LogP contribution >= 0.6 is 0 Å². The van der Waals surface area contributed by atoms with Crippen molar-refractivity contribution in [3.05, 3.63) is 12.2 Å². The molecule has 6 heteroatoms. The molecule has 0 saturated carbocycles. The van der Waals surface area contributed by atoms with Crippen LogP contribution in [0.1, 0.15) is 40.0 Å². The number of ketones is 1. The summed E-state index contributed by atoms with van der Waals surface area (Å²) in [6.45, 7) is 6.43. The fourth-order valence-electron chi connectivity index (χ4n) is 3.36. The summed E-state index contributed by atoms with van der Waals surface area (Å²) in [6.07, 6.45) is 4.77. The second kappa shape index (κ2) is 6.34. The maximum atomic E-state index is 12.2. The van der Waals surface area contributed by atoms with Gasteiger partial charge in [0.15, 0.2) is 5.78 Å². The van der Waals surface area contributed by atoms with Crippen LogP contribution in [-0.2, 0) is 19.1 Å². The standard InChI is InChI=1S/C17H25NO5/c1-16(2,3)23-15(21)18-10-8-17(9-11-18)7-5-6-12(19)13(17)14(20)22-4/h5-6,13H,7-11H2,1-4H3. The minimum Gasteiger partial charge on any atom is -0.468 e. The van der Waals surface area contributed by atoms with E-state index in [2.05, 4.69) is 0 Å². The molecule has 0 aromatic rings. The van der Waals surface area contributed by atoms with E-state index in [1.165, 1.54) is 13.2 Å². The van der Waals surface area contributed by atoms with Crippen LogP contribution in [0.5, 0.6) is 0 Å². The zero-order valence-electron chi connectivity index (χ0n) is 14.3. The fourth-order valence-corrected chi connectivity index (χ4v) is 3.36. The Bertz CT molecular complexity index is 524. The number of esters is 1. The molecule has 1 saturated heterocycles. The molecule has 0 bridgehead atoms. The Morgan fingerprint density at radius 2 is 1.87 bits per heavy atom. The molecule has 1 amide bonds. The Balaban J connectivity index is 2.09. The van der Waals surface area contributed by atoms with Crippen molar-refractivity contribution in [1.29, 1.82) is 0 Å². The Hall–Kier alpha value is -1.85. The van der Waals surface area contributed by atoms with Crippen LogP contribution in [0.25, 0.3) is 0 Å². The normalized spacial score (nSPS) is 23.7. The van der Waals surface area contributed by atoms with Crippen molar-refractivity contribution >= 4 is 17.8 Å². The third kappa shape index (κ3) is 3.74. The lowest BCUT2D eigenvalue weighted by molar-refractivity contribution is -0.156. The Morgan fingerprint density at radius 1 is 1.26 bits per heavy atom. The first-order chi connectivity index (χ1) is 10.7. The van der Waals surface area contributed by atoms with Gasteiger partial charge in [0.2, 0.25) is 0 Å². The highest BCUT2D eigenvalue weighted by Crippen LogP contribution is 2.45. The van der Waals surface area contributed by atoms with Crippen molar-refractivity contribution in [2.24, 2.45) is 11.3 Å². The zero-order valence-corrected chi connectivity index (χ0v) is 14.3. The molecule has 1 aliphatic heterocycles. The van der Waals surface area contributed by atoms with E-state index in [9.17, 15) is 14.4 Å². The molecule has 6 nitrogen and oxygen atoms in total. The van der Waals surface area contributed by atoms with Crippen molar-refractivity contribution in [3.63, 3.8) is 0 Å². The van der Waals surface area contributed by atoms with Gasteiger partial charge in [-0.1, -0.05) is 6.08 Å². The summed E-state index contributed by atoms with van der Waals surface area (Å²) < 4.78 is 10.2.